The number of aryl methyl sites for hydroxylation is 1. The third kappa shape index (κ3) is 2.66. The summed E-state index contributed by atoms with van der Waals surface area (Å²) in [4.78, 5) is 4.01. The minimum Gasteiger partial charge on any atom is -0.365 e. The van der Waals surface area contributed by atoms with Gasteiger partial charge in [-0.2, -0.15) is 5.26 Å². The highest BCUT2D eigenvalue weighted by atomic mass is 79.9. The molecule has 18 heavy (non-hydrogen) atoms. The summed E-state index contributed by atoms with van der Waals surface area (Å²) in [5, 5.41) is 13.0. The van der Waals surface area contributed by atoms with Crippen LogP contribution in [-0.4, -0.2) is 9.55 Å². The molecule has 1 heterocycles. The van der Waals surface area contributed by atoms with Crippen LogP contribution in [-0.2, 0) is 7.05 Å². The zero-order valence-electron chi connectivity index (χ0n) is 9.56. The maximum Gasteiger partial charge on any atom is 0.156 e. The second kappa shape index (κ2) is 5.42. The second-order valence-corrected chi connectivity index (χ2v) is 5.03. The van der Waals surface area contributed by atoms with E-state index in [1.165, 1.54) is 0 Å². The zero-order chi connectivity index (χ0) is 13.1. The average Bonchev–Trinajstić information content (AvgIpc) is 2.77. The van der Waals surface area contributed by atoms with Gasteiger partial charge in [-0.1, -0.05) is 11.6 Å². The normalized spacial score (nSPS) is 11.9. The SMILES string of the molecule is Cn1cncc1C(C#N)Nc1ccc(Cl)c(Br)c1. The van der Waals surface area contributed by atoms with E-state index in [1.54, 1.807) is 18.6 Å². The largest absolute Gasteiger partial charge is 0.365 e. The Morgan fingerprint density at radius 2 is 2.33 bits per heavy atom. The maximum absolute atomic E-state index is 9.22. The van der Waals surface area contributed by atoms with Gasteiger partial charge in [0.25, 0.3) is 0 Å². The molecular weight excluding hydrogens is 316 g/mol. The number of nitrogens with one attached hydrogen (secondary N) is 1. The quantitative estimate of drug-likeness (QED) is 0.939. The second-order valence-electron chi connectivity index (χ2n) is 3.76. The molecule has 1 unspecified atom stereocenters. The summed E-state index contributed by atoms with van der Waals surface area (Å²) in [5.74, 6) is 0. The van der Waals surface area contributed by atoms with Crippen LogP contribution in [0, 0.1) is 11.3 Å². The Balaban J connectivity index is 2.24. The van der Waals surface area contributed by atoms with E-state index in [2.05, 4.69) is 32.3 Å². The molecule has 92 valence electrons. The van der Waals surface area contributed by atoms with E-state index in [1.807, 2.05) is 23.7 Å². The van der Waals surface area contributed by atoms with Crippen molar-refractivity contribution in [1.82, 2.24) is 9.55 Å². The van der Waals surface area contributed by atoms with Gasteiger partial charge >= 0.3 is 0 Å². The number of hydrogen-bond acceptors (Lipinski definition) is 3. The lowest BCUT2D eigenvalue weighted by atomic mass is 10.2. The molecule has 1 N–H and O–H groups in total. The van der Waals surface area contributed by atoms with Gasteiger partial charge in [0.15, 0.2) is 6.04 Å². The van der Waals surface area contributed by atoms with Gasteiger partial charge in [0.2, 0.25) is 0 Å². The summed E-state index contributed by atoms with van der Waals surface area (Å²) >= 11 is 9.27. The van der Waals surface area contributed by atoms with Crippen molar-refractivity contribution in [3.05, 3.63) is 45.9 Å². The Hall–Kier alpha value is -1.51. The van der Waals surface area contributed by atoms with Gasteiger partial charge in [-0.05, 0) is 34.1 Å². The van der Waals surface area contributed by atoms with Crippen molar-refractivity contribution in [3.63, 3.8) is 0 Å². The van der Waals surface area contributed by atoms with Gasteiger partial charge in [0, 0.05) is 17.2 Å². The van der Waals surface area contributed by atoms with E-state index in [0.29, 0.717) is 5.02 Å². The van der Waals surface area contributed by atoms with Crippen LogP contribution in [0.3, 0.4) is 0 Å². The minimum absolute atomic E-state index is 0.453. The molecule has 0 saturated heterocycles. The molecule has 4 nitrogen and oxygen atoms in total. The third-order valence-electron chi connectivity index (χ3n) is 2.51. The average molecular weight is 326 g/mol. The number of benzene rings is 1. The number of rotatable bonds is 3. The van der Waals surface area contributed by atoms with Gasteiger partial charge in [0.1, 0.15) is 0 Å². The first-order chi connectivity index (χ1) is 8.61. The van der Waals surface area contributed by atoms with Gasteiger partial charge in [-0.15, -0.1) is 0 Å². The van der Waals surface area contributed by atoms with Crippen molar-refractivity contribution in [2.75, 3.05) is 5.32 Å². The molecule has 1 aromatic heterocycles. The number of halogens is 2. The van der Waals surface area contributed by atoms with Crippen LogP contribution in [0.15, 0.2) is 35.2 Å². The molecule has 0 fully saturated rings. The van der Waals surface area contributed by atoms with Crippen LogP contribution in [0.5, 0.6) is 0 Å². The van der Waals surface area contributed by atoms with E-state index in [-0.39, 0.29) is 0 Å². The smallest absolute Gasteiger partial charge is 0.156 e. The van der Waals surface area contributed by atoms with Crippen molar-refractivity contribution in [3.8, 4) is 6.07 Å². The van der Waals surface area contributed by atoms with Crippen molar-refractivity contribution >= 4 is 33.2 Å². The molecule has 6 heteroatoms. The molecule has 0 spiro atoms. The molecular formula is C12H10BrClN4. The van der Waals surface area contributed by atoms with Crippen LogP contribution in [0.4, 0.5) is 5.69 Å². The fourth-order valence-corrected chi connectivity index (χ4v) is 2.07. The Morgan fingerprint density at radius 3 is 2.89 bits per heavy atom. The lowest BCUT2D eigenvalue weighted by Crippen LogP contribution is -2.12. The Morgan fingerprint density at radius 1 is 1.56 bits per heavy atom. The first kappa shape index (κ1) is 12.9. The molecule has 0 radical (unpaired) electrons. The van der Waals surface area contributed by atoms with Crippen LogP contribution in [0.25, 0.3) is 0 Å². The summed E-state index contributed by atoms with van der Waals surface area (Å²) in [6.45, 7) is 0. The predicted octanol–water partition coefficient (Wildman–Crippen LogP) is 3.51. The lowest BCUT2D eigenvalue weighted by molar-refractivity contribution is 0.799. The summed E-state index contributed by atoms with van der Waals surface area (Å²) in [6, 6.07) is 7.19. The molecule has 0 saturated carbocycles. The number of nitriles is 1. The Bertz CT molecular complexity index is 602. The fourth-order valence-electron chi connectivity index (χ4n) is 1.57. The third-order valence-corrected chi connectivity index (χ3v) is 3.72. The summed E-state index contributed by atoms with van der Waals surface area (Å²) in [5.41, 5.74) is 1.63. The highest BCUT2D eigenvalue weighted by Crippen LogP contribution is 2.27. The molecule has 0 aliphatic carbocycles. The van der Waals surface area contributed by atoms with E-state index in [0.717, 1.165) is 15.9 Å². The maximum atomic E-state index is 9.22. The monoisotopic (exact) mass is 324 g/mol. The number of aromatic nitrogens is 2. The van der Waals surface area contributed by atoms with Crippen molar-refractivity contribution in [2.24, 2.45) is 7.05 Å². The molecule has 0 aliphatic heterocycles. The number of anilines is 1. The van der Waals surface area contributed by atoms with Gasteiger partial charge in [-0.25, -0.2) is 4.98 Å². The van der Waals surface area contributed by atoms with Gasteiger partial charge in [0.05, 0.1) is 29.3 Å². The topological polar surface area (TPSA) is 53.6 Å². The van der Waals surface area contributed by atoms with Crippen LogP contribution < -0.4 is 5.32 Å². The Kier molecular flexibility index (Phi) is 3.90. The highest BCUT2D eigenvalue weighted by Gasteiger charge is 2.14. The lowest BCUT2D eigenvalue weighted by Gasteiger charge is -2.13. The van der Waals surface area contributed by atoms with E-state index >= 15 is 0 Å². The minimum atomic E-state index is -0.453. The van der Waals surface area contributed by atoms with E-state index in [4.69, 9.17) is 11.6 Å². The molecule has 1 atom stereocenters. The number of hydrogen-bond donors (Lipinski definition) is 1. The first-order valence-corrected chi connectivity index (χ1v) is 6.36. The zero-order valence-corrected chi connectivity index (χ0v) is 11.9. The predicted molar refractivity (Wildman–Crippen MR) is 74.3 cm³/mol. The van der Waals surface area contributed by atoms with Gasteiger partial charge < -0.3 is 9.88 Å². The first-order valence-electron chi connectivity index (χ1n) is 5.19. The fraction of sp³-hybridized carbons (Fsp3) is 0.167. The molecule has 1 aromatic carbocycles. The van der Waals surface area contributed by atoms with Crippen molar-refractivity contribution < 1.29 is 0 Å². The van der Waals surface area contributed by atoms with E-state index in [9.17, 15) is 5.26 Å². The number of imidazole rings is 1. The molecule has 0 bridgehead atoms. The van der Waals surface area contributed by atoms with Crippen molar-refractivity contribution in [2.45, 2.75) is 6.04 Å². The standard InChI is InChI=1S/C12H10BrClN4/c1-18-7-16-6-12(18)11(5-15)17-8-2-3-10(14)9(13)4-8/h2-4,6-7,11,17H,1H3. The molecule has 2 aromatic rings. The van der Waals surface area contributed by atoms with Crippen LogP contribution in [0.2, 0.25) is 5.02 Å². The Labute approximate surface area is 118 Å². The van der Waals surface area contributed by atoms with Gasteiger partial charge in [-0.3, -0.25) is 0 Å². The van der Waals surface area contributed by atoms with Crippen molar-refractivity contribution in [1.29, 1.82) is 5.26 Å². The molecule has 0 aliphatic rings. The molecule has 0 amide bonds. The summed E-state index contributed by atoms with van der Waals surface area (Å²) in [7, 11) is 1.85. The van der Waals surface area contributed by atoms with E-state index < -0.39 is 6.04 Å². The number of nitrogens with zero attached hydrogens (tertiary/aromatic N) is 3. The van der Waals surface area contributed by atoms with Crippen LogP contribution in [0.1, 0.15) is 11.7 Å². The summed E-state index contributed by atoms with van der Waals surface area (Å²) < 4.78 is 2.60. The van der Waals surface area contributed by atoms with Crippen LogP contribution >= 0.6 is 27.5 Å². The molecule has 2 rings (SSSR count). The summed E-state index contributed by atoms with van der Waals surface area (Å²) in [6.07, 6.45) is 3.34. The highest BCUT2D eigenvalue weighted by molar-refractivity contribution is 9.10.